The van der Waals surface area contributed by atoms with Crippen LogP contribution in [-0.2, 0) is 6.42 Å². The smallest absolute Gasteiger partial charge is 0.126 e. The molecule has 2 atom stereocenters. The van der Waals surface area contributed by atoms with Crippen molar-refractivity contribution in [1.29, 1.82) is 0 Å². The molecule has 0 aromatic heterocycles. The molecule has 0 bridgehead atoms. The van der Waals surface area contributed by atoms with Crippen molar-refractivity contribution < 1.29 is 14.9 Å². The molecule has 0 aliphatic carbocycles. The fourth-order valence-electron chi connectivity index (χ4n) is 2.59. The summed E-state index contributed by atoms with van der Waals surface area (Å²) in [5, 5.41) is 20.6. The molecule has 126 valence electrons. The van der Waals surface area contributed by atoms with E-state index in [9.17, 15) is 10.2 Å². The zero-order chi connectivity index (χ0) is 16.7. The molecule has 0 amide bonds. The first-order valence-electron chi connectivity index (χ1n) is 8.21. The van der Waals surface area contributed by atoms with Crippen LogP contribution >= 0.6 is 11.6 Å². The second kappa shape index (κ2) is 9.39. The third-order valence-electron chi connectivity index (χ3n) is 3.81. The number of benzene rings is 1. The van der Waals surface area contributed by atoms with Crippen molar-refractivity contribution in [2.75, 3.05) is 6.61 Å². The second-order valence-corrected chi connectivity index (χ2v) is 6.47. The van der Waals surface area contributed by atoms with Crippen molar-refractivity contribution in [2.45, 2.75) is 71.5 Å². The van der Waals surface area contributed by atoms with Crippen LogP contribution < -0.4 is 4.74 Å². The van der Waals surface area contributed by atoms with Gasteiger partial charge in [0, 0.05) is 5.02 Å². The Morgan fingerprint density at radius 3 is 2.27 bits per heavy atom. The summed E-state index contributed by atoms with van der Waals surface area (Å²) in [6.45, 7) is 8.77. The molecular weight excluding hydrogens is 300 g/mol. The van der Waals surface area contributed by atoms with Gasteiger partial charge in [-0.2, -0.15) is 0 Å². The molecule has 0 aliphatic heterocycles. The fraction of sp³-hybridized carbons (Fsp3) is 0.667. The first kappa shape index (κ1) is 19.3. The molecule has 0 radical (unpaired) electrons. The maximum Gasteiger partial charge on any atom is 0.126 e. The minimum Gasteiger partial charge on any atom is -0.493 e. The van der Waals surface area contributed by atoms with E-state index in [2.05, 4.69) is 13.8 Å². The van der Waals surface area contributed by atoms with Crippen LogP contribution in [0, 0.1) is 0 Å². The Kier molecular flexibility index (Phi) is 8.23. The van der Waals surface area contributed by atoms with E-state index < -0.39 is 12.2 Å². The summed E-state index contributed by atoms with van der Waals surface area (Å²) in [4.78, 5) is 0. The minimum atomic E-state index is -0.712. The molecule has 0 heterocycles. The van der Waals surface area contributed by atoms with Crippen LogP contribution in [-0.4, -0.2) is 29.0 Å². The van der Waals surface area contributed by atoms with Gasteiger partial charge in [0.05, 0.1) is 18.8 Å². The number of halogens is 1. The van der Waals surface area contributed by atoms with Gasteiger partial charge in [-0.3, -0.25) is 0 Å². The van der Waals surface area contributed by atoms with Crippen molar-refractivity contribution in [1.82, 2.24) is 0 Å². The monoisotopic (exact) mass is 328 g/mol. The van der Waals surface area contributed by atoms with Crippen LogP contribution in [0.15, 0.2) is 12.1 Å². The van der Waals surface area contributed by atoms with Gasteiger partial charge in [-0.25, -0.2) is 0 Å². The lowest BCUT2D eigenvalue weighted by atomic mass is 9.95. The maximum atomic E-state index is 10.1. The Bertz CT molecular complexity index is 460. The maximum absolute atomic E-state index is 10.1. The topological polar surface area (TPSA) is 49.7 Å². The molecule has 1 aromatic rings. The van der Waals surface area contributed by atoms with E-state index in [-0.39, 0.29) is 0 Å². The summed E-state index contributed by atoms with van der Waals surface area (Å²) in [6.07, 6.45) is 1.24. The van der Waals surface area contributed by atoms with Crippen LogP contribution in [0.25, 0.3) is 0 Å². The molecule has 4 heteroatoms. The largest absolute Gasteiger partial charge is 0.493 e. The molecule has 22 heavy (non-hydrogen) atoms. The first-order chi connectivity index (χ1) is 10.4. The summed E-state index contributed by atoms with van der Waals surface area (Å²) in [7, 11) is 0. The molecule has 0 saturated carbocycles. The van der Waals surface area contributed by atoms with Crippen LogP contribution in [0.1, 0.15) is 64.0 Å². The van der Waals surface area contributed by atoms with E-state index >= 15 is 0 Å². The van der Waals surface area contributed by atoms with E-state index in [4.69, 9.17) is 16.3 Å². The molecular formula is C18H29ClO3. The van der Waals surface area contributed by atoms with E-state index in [1.165, 1.54) is 0 Å². The third-order valence-corrected chi connectivity index (χ3v) is 4.03. The van der Waals surface area contributed by atoms with Crippen LogP contribution in [0.2, 0.25) is 5.02 Å². The number of rotatable bonds is 9. The highest BCUT2D eigenvalue weighted by atomic mass is 35.5. The summed E-state index contributed by atoms with van der Waals surface area (Å²) in [5.74, 6) is 1.19. The summed E-state index contributed by atoms with van der Waals surface area (Å²) < 4.78 is 5.82. The number of ether oxygens (including phenoxy) is 1. The Morgan fingerprint density at radius 2 is 1.73 bits per heavy atom. The van der Waals surface area contributed by atoms with Crippen LogP contribution in [0.4, 0.5) is 0 Å². The molecule has 3 nitrogen and oxygen atoms in total. The highest BCUT2D eigenvalue weighted by Gasteiger charge is 2.19. The third kappa shape index (κ3) is 5.45. The van der Waals surface area contributed by atoms with Gasteiger partial charge in [-0.15, -0.1) is 0 Å². The highest BCUT2D eigenvalue weighted by Crippen LogP contribution is 2.34. The Morgan fingerprint density at radius 1 is 1.09 bits per heavy atom. The van der Waals surface area contributed by atoms with E-state index in [0.717, 1.165) is 23.3 Å². The molecule has 0 fully saturated rings. The van der Waals surface area contributed by atoms with Gasteiger partial charge in [0.25, 0.3) is 0 Å². The standard InChI is InChI=1S/C18H29ClO3/c1-5-7-16(20)17(21)9-8-13-10-14(19)11-15(12(3)4)18(13)22-6-2/h10-12,16-17,20-21H,5-9H2,1-4H3. The van der Waals surface area contributed by atoms with E-state index in [1.807, 2.05) is 26.0 Å². The van der Waals surface area contributed by atoms with Crippen molar-refractivity contribution in [2.24, 2.45) is 0 Å². The van der Waals surface area contributed by atoms with Gasteiger partial charge in [0.1, 0.15) is 5.75 Å². The molecule has 2 unspecified atom stereocenters. The van der Waals surface area contributed by atoms with Gasteiger partial charge in [-0.1, -0.05) is 38.8 Å². The fourth-order valence-corrected chi connectivity index (χ4v) is 2.84. The molecule has 0 aliphatic rings. The summed E-state index contributed by atoms with van der Waals surface area (Å²) in [5.41, 5.74) is 2.09. The van der Waals surface area contributed by atoms with Crippen molar-refractivity contribution in [3.05, 3.63) is 28.3 Å². The van der Waals surface area contributed by atoms with Crippen molar-refractivity contribution in [3.8, 4) is 5.75 Å². The van der Waals surface area contributed by atoms with Crippen LogP contribution in [0.3, 0.4) is 0 Å². The molecule has 0 spiro atoms. The van der Waals surface area contributed by atoms with Gasteiger partial charge in [0.15, 0.2) is 0 Å². The molecule has 2 N–H and O–H groups in total. The molecule has 0 saturated heterocycles. The van der Waals surface area contributed by atoms with Crippen molar-refractivity contribution >= 4 is 11.6 Å². The number of aliphatic hydroxyl groups is 2. The van der Waals surface area contributed by atoms with Crippen molar-refractivity contribution in [3.63, 3.8) is 0 Å². The number of aliphatic hydroxyl groups excluding tert-OH is 2. The van der Waals surface area contributed by atoms with Gasteiger partial charge < -0.3 is 14.9 Å². The highest BCUT2D eigenvalue weighted by molar-refractivity contribution is 6.30. The lowest BCUT2D eigenvalue weighted by Gasteiger charge is -2.20. The molecule has 1 rings (SSSR count). The number of aryl methyl sites for hydroxylation is 1. The zero-order valence-electron chi connectivity index (χ0n) is 14.1. The second-order valence-electron chi connectivity index (χ2n) is 6.03. The van der Waals surface area contributed by atoms with Gasteiger partial charge in [0.2, 0.25) is 0 Å². The normalized spacial score (nSPS) is 14.2. The van der Waals surface area contributed by atoms with E-state index in [1.54, 1.807) is 0 Å². The zero-order valence-corrected chi connectivity index (χ0v) is 14.9. The first-order valence-corrected chi connectivity index (χ1v) is 8.59. The summed E-state index contributed by atoms with van der Waals surface area (Å²) >= 11 is 6.23. The number of hydrogen-bond acceptors (Lipinski definition) is 3. The van der Waals surface area contributed by atoms with Gasteiger partial charge >= 0.3 is 0 Å². The van der Waals surface area contributed by atoms with Gasteiger partial charge in [-0.05, 0) is 55.4 Å². The van der Waals surface area contributed by atoms with E-state index in [0.29, 0.717) is 36.8 Å². The SMILES string of the molecule is CCCC(O)C(O)CCc1cc(Cl)cc(C(C)C)c1OCC. The molecule has 1 aromatic carbocycles. The minimum absolute atomic E-state index is 0.314. The average molecular weight is 329 g/mol. The summed E-state index contributed by atoms with van der Waals surface area (Å²) in [6, 6.07) is 3.85. The quantitative estimate of drug-likeness (QED) is 0.710. The lowest BCUT2D eigenvalue weighted by molar-refractivity contribution is 0.00972. The Labute approximate surface area is 139 Å². The predicted molar refractivity (Wildman–Crippen MR) is 92.0 cm³/mol. The Balaban J connectivity index is 2.93. The lowest BCUT2D eigenvalue weighted by Crippen LogP contribution is -2.26. The Hall–Kier alpha value is -0.770. The van der Waals surface area contributed by atoms with Crippen LogP contribution in [0.5, 0.6) is 5.75 Å². The average Bonchev–Trinajstić information content (AvgIpc) is 2.46. The number of hydrogen-bond donors (Lipinski definition) is 2. The predicted octanol–water partition coefficient (Wildman–Crippen LogP) is 4.32.